The summed E-state index contributed by atoms with van der Waals surface area (Å²) in [5, 5.41) is 6.89. The highest BCUT2D eigenvalue weighted by Crippen LogP contribution is 2.34. The second kappa shape index (κ2) is 9.97. The molecule has 2 fully saturated rings. The maximum Gasteiger partial charge on any atom is 0.290 e. The van der Waals surface area contributed by atoms with E-state index in [1.807, 2.05) is 10.8 Å². The van der Waals surface area contributed by atoms with Gasteiger partial charge in [-0.25, -0.2) is 13.8 Å². The van der Waals surface area contributed by atoms with Gasteiger partial charge in [-0.3, -0.25) is 14.5 Å². The number of imidazole rings is 1. The quantitative estimate of drug-likeness (QED) is 0.738. The summed E-state index contributed by atoms with van der Waals surface area (Å²) in [5.41, 5.74) is 0.555. The Morgan fingerprint density at radius 1 is 1.29 bits per heavy atom. The van der Waals surface area contributed by atoms with E-state index in [9.17, 15) is 13.6 Å². The Kier molecular flexibility index (Phi) is 7.34. The van der Waals surface area contributed by atoms with Crippen molar-refractivity contribution in [1.82, 2.24) is 19.4 Å². The minimum Gasteiger partial charge on any atom is -0.483 e. The van der Waals surface area contributed by atoms with Gasteiger partial charge >= 0.3 is 0 Å². The van der Waals surface area contributed by atoms with Gasteiger partial charge in [-0.05, 0) is 24.6 Å². The van der Waals surface area contributed by atoms with E-state index in [0.717, 1.165) is 25.6 Å². The predicted molar refractivity (Wildman–Crippen MR) is 108 cm³/mol. The number of aromatic nitrogens is 2. The van der Waals surface area contributed by atoms with Crippen LogP contribution in [0.1, 0.15) is 18.9 Å². The monoisotopic (exact) mass is 436 g/mol. The van der Waals surface area contributed by atoms with Crippen LogP contribution < -0.4 is 0 Å². The molecular formula is C21H26F2N4O4. The summed E-state index contributed by atoms with van der Waals surface area (Å²) in [4.78, 5) is 28.6. The van der Waals surface area contributed by atoms with Gasteiger partial charge in [0.1, 0.15) is 5.82 Å². The predicted octanol–water partition coefficient (Wildman–Crippen LogP) is 2.02. The fourth-order valence-electron chi connectivity index (χ4n) is 4.08. The standard InChI is InChI=1S/C20H24F2N4O2.CH2O2/c1-24(2)19(27)9-16-11-25-10-14(8-15(25)12-28-16)26-6-5-23-20(26)13-3-4-17(21)18(22)7-13;2-1-3/h3-7,14-16H,8-12H2,1-2H3;1H,(H,2,3)/t14-,15+,16+;/m1./s1. The van der Waals surface area contributed by atoms with Gasteiger partial charge in [0.05, 0.1) is 19.1 Å². The third-order valence-corrected chi connectivity index (χ3v) is 5.61. The Hall–Kier alpha value is -2.85. The van der Waals surface area contributed by atoms with Crippen LogP contribution in [0.25, 0.3) is 11.4 Å². The van der Waals surface area contributed by atoms with Crippen molar-refractivity contribution in [2.24, 2.45) is 0 Å². The number of carboxylic acid groups (broad SMARTS) is 1. The van der Waals surface area contributed by atoms with Crippen molar-refractivity contribution in [2.45, 2.75) is 31.0 Å². The van der Waals surface area contributed by atoms with E-state index in [1.165, 1.54) is 6.07 Å². The second-order valence-corrected chi connectivity index (χ2v) is 7.84. The number of amides is 1. The first-order chi connectivity index (χ1) is 14.8. The topological polar surface area (TPSA) is 87.9 Å². The van der Waals surface area contributed by atoms with Crippen molar-refractivity contribution in [2.75, 3.05) is 33.8 Å². The summed E-state index contributed by atoms with van der Waals surface area (Å²) in [6.07, 6.45) is 4.74. The van der Waals surface area contributed by atoms with Crippen molar-refractivity contribution in [1.29, 1.82) is 0 Å². The molecule has 8 nitrogen and oxygen atoms in total. The minimum absolute atomic E-state index is 0.0643. The molecule has 0 radical (unpaired) electrons. The van der Waals surface area contributed by atoms with E-state index in [-0.39, 0.29) is 30.6 Å². The molecule has 0 aliphatic carbocycles. The molecule has 10 heteroatoms. The number of ether oxygens (including phenoxy) is 1. The molecule has 0 spiro atoms. The zero-order valence-electron chi connectivity index (χ0n) is 17.4. The van der Waals surface area contributed by atoms with Gasteiger partial charge in [-0.1, -0.05) is 0 Å². The normalized spacial score (nSPS) is 22.9. The molecule has 168 valence electrons. The van der Waals surface area contributed by atoms with Crippen LogP contribution in [-0.4, -0.2) is 82.8 Å². The number of benzene rings is 1. The Morgan fingerprint density at radius 2 is 2.03 bits per heavy atom. The highest BCUT2D eigenvalue weighted by molar-refractivity contribution is 5.76. The number of nitrogens with zero attached hydrogens (tertiary/aromatic N) is 4. The smallest absolute Gasteiger partial charge is 0.290 e. The van der Waals surface area contributed by atoms with Crippen molar-refractivity contribution in [3.63, 3.8) is 0 Å². The van der Waals surface area contributed by atoms with Crippen LogP contribution in [0.2, 0.25) is 0 Å². The van der Waals surface area contributed by atoms with E-state index >= 15 is 0 Å². The fraction of sp³-hybridized carbons (Fsp3) is 0.476. The summed E-state index contributed by atoms with van der Waals surface area (Å²) < 4.78 is 34.9. The van der Waals surface area contributed by atoms with Crippen LogP contribution in [-0.2, 0) is 14.3 Å². The minimum atomic E-state index is -0.877. The van der Waals surface area contributed by atoms with E-state index in [2.05, 4.69) is 9.88 Å². The number of hydrogen-bond acceptors (Lipinski definition) is 5. The number of carbonyl (C=O) groups excluding carboxylic acids is 1. The lowest BCUT2D eigenvalue weighted by atomic mass is 10.1. The van der Waals surface area contributed by atoms with Crippen LogP contribution in [0, 0.1) is 11.6 Å². The molecule has 1 aromatic heterocycles. The highest BCUT2D eigenvalue weighted by Gasteiger charge is 2.39. The van der Waals surface area contributed by atoms with Gasteiger partial charge in [0.25, 0.3) is 6.47 Å². The molecule has 1 N–H and O–H groups in total. The Balaban J connectivity index is 0.000000858. The van der Waals surface area contributed by atoms with Gasteiger partial charge < -0.3 is 19.3 Å². The number of morpholine rings is 1. The van der Waals surface area contributed by atoms with Crippen molar-refractivity contribution in [3.8, 4) is 11.4 Å². The molecule has 3 heterocycles. The number of carbonyl (C=O) groups is 2. The molecule has 1 aromatic carbocycles. The van der Waals surface area contributed by atoms with Crippen LogP contribution in [0.3, 0.4) is 0 Å². The molecule has 4 rings (SSSR count). The van der Waals surface area contributed by atoms with E-state index in [4.69, 9.17) is 14.6 Å². The van der Waals surface area contributed by atoms with Gasteiger partial charge in [0, 0.05) is 57.2 Å². The van der Waals surface area contributed by atoms with E-state index < -0.39 is 11.6 Å². The van der Waals surface area contributed by atoms with E-state index in [0.29, 0.717) is 24.4 Å². The summed E-state index contributed by atoms with van der Waals surface area (Å²) in [7, 11) is 3.50. The Morgan fingerprint density at radius 3 is 2.71 bits per heavy atom. The lowest BCUT2D eigenvalue weighted by Gasteiger charge is -2.35. The summed E-state index contributed by atoms with van der Waals surface area (Å²) in [5.74, 6) is -1.05. The molecule has 0 unspecified atom stereocenters. The Labute approximate surface area is 179 Å². The molecule has 2 aliphatic heterocycles. The number of hydrogen-bond donors (Lipinski definition) is 1. The van der Waals surface area contributed by atoms with Crippen LogP contribution in [0.5, 0.6) is 0 Å². The number of rotatable bonds is 4. The van der Waals surface area contributed by atoms with Crippen LogP contribution >= 0.6 is 0 Å². The van der Waals surface area contributed by atoms with Crippen LogP contribution in [0.15, 0.2) is 30.6 Å². The Bertz CT molecular complexity index is 921. The zero-order valence-corrected chi connectivity index (χ0v) is 17.4. The highest BCUT2D eigenvalue weighted by atomic mass is 19.2. The maximum atomic E-state index is 13.7. The molecule has 1 amide bonds. The third kappa shape index (κ3) is 5.26. The average Bonchev–Trinajstić information content (AvgIpc) is 3.37. The van der Waals surface area contributed by atoms with E-state index in [1.54, 1.807) is 31.3 Å². The van der Waals surface area contributed by atoms with Crippen LogP contribution in [0.4, 0.5) is 8.78 Å². The number of fused-ring (bicyclic) bond motifs is 1. The number of halogens is 2. The third-order valence-electron chi connectivity index (χ3n) is 5.61. The zero-order chi connectivity index (χ0) is 22.5. The molecule has 0 bridgehead atoms. The molecule has 3 atom stereocenters. The first kappa shape index (κ1) is 22.8. The molecule has 2 aromatic rings. The average molecular weight is 436 g/mol. The van der Waals surface area contributed by atoms with Gasteiger partial charge in [0.15, 0.2) is 11.6 Å². The second-order valence-electron chi connectivity index (χ2n) is 7.84. The van der Waals surface area contributed by atoms with Crippen molar-refractivity contribution < 1.29 is 28.2 Å². The molecule has 0 saturated carbocycles. The first-order valence-electron chi connectivity index (χ1n) is 9.96. The summed E-state index contributed by atoms with van der Waals surface area (Å²) in [6.45, 7) is 1.88. The van der Waals surface area contributed by atoms with Crippen molar-refractivity contribution >= 4 is 12.4 Å². The largest absolute Gasteiger partial charge is 0.483 e. The lowest BCUT2D eigenvalue weighted by Crippen LogP contribution is -2.47. The molecule has 2 aliphatic rings. The van der Waals surface area contributed by atoms with Crippen molar-refractivity contribution in [3.05, 3.63) is 42.2 Å². The lowest BCUT2D eigenvalue weighted by molar-refractivity contribution is -0.134. The first-order valence-corrected chi connectivity index (χ1v) is 9.96. The SMILES string of the molecule is CN(C)C(=O)C[C@H]1CN2C[C@H](n3ccnc3-c3ccc(F)c(F)c3)C[C@H]2CO1.O=CO. The summed E-state index contributed by atoms with van der Waals surface area (Å²) >= 11 is 0. The van der Waals surface area contributed by atoms with Gasteiger partial charge in [-0.15, -0.1) is 0 Å². The summed E-state index contributed by atoms with van der Waals surface area (Å²) in [6, 6.07) is 4.31. The fourth-order valence-corrected chi connectivity index (χ4v) is 4.08. The molecule has 2 saturated heterocycles. The maximum absolute atomic E-state index is 13.7. The van der Waals surface area contributed by atoms with Gasteiger partial charge in [0.2, 0.25) is 5.91 Å². The van der Waals surface area contributed by atoms with Gasteiger partial charge in [-0.2, -0.15) is 0 Å². The molecular weight excluding hydrogens is 410 g/mol. The molecule has 31 heavy (non-hydrogen) atoms.